The van der Waals surface area contributed by atoms with E-state index in [1.54, 1.807) is 31.2 Å². The second kappa shape index (κ2) is 8.08. The van der Waals surface area contributed by atoms with Gasteiger partial charge in [0.05, 0.1) is 17.5 Å². The summed E-state index contributed by atoms with van der Waals surface area (Å²) in [5.41, 5.74) is 2.46. The molecule has 0 saturated carbocycles. The molecule has 0 atom stereocenters. The highest BCUT2D eigenvalue weighted by molar-refractivity contribution is 6.11. The Bertz CT molecular complexity index is 1240. The quantitative estimate of drug-likeness (QED) is 0.369. The molecule has 0 saturated heterocycles. The molecule has 0 aliphatic heterocycles. The number of Topliss-reactive ketones (excluding diaryl/α,β-unsaturated/α-hetero) is 1. The molecular weight excluding hydrogens is 384 g/mol. The molecule has 0 unspecified atom stereocenters. The number of amides is 1. The van der Waals surface area contributed by atoms with E-state index in [9.17, 15) is 14.4 Å². The number of ether oxygens (including phenoxy) is 1. The minimum atomic E-state index is -0.712. The largest absolute Gasteiger partial charge is 0.459 e. The van der Waals surface area contributed by atoms with Crippen molar-refractivity contribution in [1.82, 2.24) is 4.98 Å². The van der Waals surface area contributed by atoms with Crippen molar-refractivity contribution in [3.8, 4) is 0 Å². The number of ketones is 1. The number of benzene rings is 2. The number of anilines is 1. The van der Waals surface area contributed by atoms with E-state index in [1.807, 2.05) is 24.3 Å². The molecule has 0 spiro atoms. The van der Waals surface area contributed by atoms with Crippen molar-refractivity contribution in [2.24, 2.45) is 0 Å². The Morgan fingerprint density at radius 1 is 1.00 bits per heavy atom. The van der Waals surface area contributed by atoms with E-state index in [0.717, 1.165) is 10.9 Å². The number of hydrogen-bond donors (Lipinski definition) is 2. The molecule has 0 fully saturated rings. The maximum atomic E-state index is 12.7. The molecule has 4 aromatic rings. The highest BCUT2D eigenvalue weighted by Crippen LogP contribution is 2.23. The molecule has 7 heteroatoms. The first-order chi connectivity index (χ1) is 14.5. The van der Waals surface area contributed by atoms with Crippen molar-refractivity contribution in [1.29, 1.82) is 0 Å². The minimum absolute atomic E-state index is 0.114. The third-order valence-corrected chi connectivity index (χ3v) is 4.65. The monoisotopic (exact) mass is 402 g/mol. The number of aryl methyl sites for hydroxylation is 1. The summed E-state index contributed by atoms with van der Waals surface area (Å²) >= 11 is 0. The van der Waals surface area contributed by atoms with E-state index in [1.165, 1.54) is 18.4 Å². The highest BCUT2D eigenvalue weighted by Gasteiger charge is 2.20. The van der Waals surface area contributed by atoms with Crippen molar-refractivity contribution in [2.75, 3.05) is 11.9 Å². The number of carbonyl (C=O) groups excluding carboxylic acids is 3. The highest BCUT2D eigenvalue weighted by atomic mass is 16.5. The van der Waals surface area contributed by atoms with Crippen LogP contribution >= 0.6 is 0 Å². The molecule has 0 aliphatic rings. The smallest absolute Gasteiger partial charge is 0.340 e. The molecule has 30 heavy (non-hydrogen) atoms. The van der Waals surface area contributed by atoms with Gasteiger partial charge in [-0.3, -0.25) is 9.59 Å². The molecule has 0 aliphatic carbocycles. The van der Waals surface area contributed by atoms with Gasteiger partial charge in [0, 0.05) is 22.2 Å². The van der Waals surface area contributed by atoms with Crippen LogP contribution in [-0.2, 0) is 4.74 Å². The topological polar surface area (TPSA) is 101 Å². The predicted molar refractivity (Wildman–Crippen MR) is 111 cm³/mol. The zero-order valence-electron chi connectivity index (χ0n) is 16.1. The zero-order chi connectivity index (χ0) is 21.1. The lowest BCUT2D eigenvalue weighted by Crippen LogP contribution is -2.18. The van der Waals surface area contributed by atoms with Gasteiger partial charge >= 0.3 is 5.97 Å². The lowest BCUT2D eigenvalue weighted by atomic mass is 10.1. The van der Waals surface area contributed by atoms with Crippen LogP contribution in [0.2, 0.25) is 0 Å². The fraction of sp³-hybridized carbons (Fsp3) is 0.0870. The summed E-state index contributed by atoms with van der Waals surface area (Å²) in [6.45, 7) is 1.39. The van der Waals surface area contributed by atoms with Crippen LogP contribution in [-0.4, -0.2) is 29.3 Å². The van der Waals surface area contributed by atoms with Crippen LogP contribution < -0.4 is 5.32 Å². The van der Waals surface area contributed by atoms with Crippen LogP contribution in [0.1, 0.15) is 37.0 Å². The summed E-state index contributed by atoms with van der Waals surface area (Å²) in [5, 5.41) is 3.40. The average Bonchev–Trinajstić information content (AvgIpc) is 3.39. The fourth-order valence-corrected chi connectivity index (χ4v) is 3.28. The summed E-state index contributed by atoms with van der Waals surface area (Å²) in [4.78, 5) is 40.7. The van der Waals surface area contributed by atoms with Crippen LogP contribution in [0.4, 0.5) is 5.69 Å². The standard InChI is InChI=1S/C23H18N2O5/c1-14-21(15-7-2-4-9-17(15)24-14)19(26)13-30-23(28)16-8-3-5-10-18(16)25-22(27)20-11-6-12-29-20/h2-12,24H,13H2,1H3,(H,25,27). The number of H-pyrrole nitrogens is 1. The zero-order valence-corrected chi connectivity index (χ0v) is 16.1. The van der Waals surface area contributed by atoms with Crippen LogP contribution in [0.15, 0.2) is 71.3 Å². The lowest BCUT2D eigenvalue weighted by molar-refractivity contribution is 0.0476. The number of aromatic amines is 1. The second-order valence-corrected chi connectivity index (χ2v) is 6.65. The lowest BCUT2D eigenvalue weighted by Gasteiger charge is -2.10. The molecular formula is C23H18N2O5. The number of hydrogen-bond acceptors (Lipinski definition) is 5. The van der Waals surface area contributed by atoms with E-state index in [0.29, 0.717) is 11.3 Å². The molecule has 0 bridgehead atoms. The van der Waals surface area contributed by atoms with Gasteiger partial charge in [-0.25, -0.2) is 4.79 Å². The normalized spacial score (nSPS) is 10.7. The van der Waals surface area contributed by atoms with Crippen molar-refractivity contribution < 1.29 is 23.5 Å². The van der Waals surface area contributed by atoms with Crippen LogP contribution in [0.5, 0.6) is 0 Å². The van der Waals surface area contributed by atoms with E-state index in [-0.39, 0.29) is 22.8 Å². The SMILES string of the molecule is Cc1[nH]c2ccccc2c1C(=O)COC(=O)c1ccccc1NC(=O)c1ccco1. The molecule has 2 heterocycles. The van der Waals surface area contributed by atoms with E-state index >= 15 is 0 Å². The van der Waals surface area contributed by atoms with Crippen molar-refractivity contribution in [3.63, 3.8) is 0 Å². The molecule has 4 rings (SSSR count). The Labute approximate surface area is 171 Å². The molecule has 2 aromatic heterocycles. The van der Waals surface area contributed by atoms with Gasteiger partial charge in [-0.05, 0) is 37.3 Å². The number of aromatic nitrogens is 1. The number of furan rings is 1. The number of esters is 1. The molecule has 0 radical (unpaired) electrons. The van der Waals surface area contributed by atoms with E-state index < -0.39 is 18.5 Å². The molecule has 2 aromatic carbocycles. The minimum Gasteiger partial charge on any atom is -0.459 e. The molecule has 150 valence electrons. The van der Waals surface area contributed by atoms with Gasteiger partial charge in [-0.2, -0.15) is 0 Å². The van der Waals surface area contributed by atoms with Gasteiger partial charge < -0.3 is 19.5 Å². The first-order valence-electron chi connectivity index (χ1n) is 9.26. The van der Waals surface area contributed by atoms with E-state index in [2.05, 4.69) is 10.3 Å². The first kappa shape index (κ1) is 19.2. The predicted octanol–water partition coefficient (Wildman–Crippen LogP) is 4.36. The number of carbonyl (C=O) groups is 3. The van der Waals surface area contributed by atoms with Gasteiger partial charge in [0.1, 0.15) is 0 Å². The summed E-state index contributed by atoms with van der Waals surface area (Å²) in [7, 11) is 0. The number of nitrogens with one attached hydrogen (secondary N) is 2. The van der Waals surface area contributed by atoms with E-state index in [4.69, 9.17) is 9.15 Å². The summed E-state index contributed by atoms with van der Waals surface area (Å²) < 4.78 is 10.3. The van der Waals surface area contributed by atoms with Gasteiger partial charge in [0.2, 0.25) is 5.78 Å². The third kappa shape index (κ3) is 3.73. The molecule has 2 N–H and O–H groups in total. The summed E-state index contributed by atoms with van der Waals surface area (Å²) in [6.07, 6.45) is 1.38. The summed E-state index contributed by atoms with van der Waals surface area (Å²) in [6, 6.07) is 16.9. The molecule has 7 nitrogen and oxygen atoms in total. The van der Waals surface area contributed by atoms with Gasteiger partial charge in [0.15, 0.2) is 12.4 Å². The van der Waals surface area contributed by atoms with Crippen molar-refractivity contribution in [3.05, 3.63) is 89.5 Å². The Kier molecular flexibility index (Phi) is 5.17. The third-order valence-electron chi connectivity index (χ3n) is 4.65. The van der Waals surface area contributed by atoms with Crippen molar-refractivity contribution >= 4 is 34.3 Å². The Morgan fingerprint density at radius 2 is 1.77 bits per heavy atom. The first-order valence-corrected chi connectivity index (χ1v) is 9.26. The maximum absolute atomic E-state index is 12.7. The van der Waals surface area contributed by atoms with Crippen molar-refractivity contribution in [2.45, 2.75) is 6.92 Å². The number of rotatable bonds is 6. The summed E-state index contributed by atoms with van der Waals surface area (Å²) in [5.74, 6) is -1.40. The van der Waals surface area contributed by atoms with Gasteiger partial charge in [-0.1, -0.05) is 30.3 Å². The Balaban J connectivity index is 1.49. The Morgan fingerprint density at radius 3 is 2.57 bits per heavy atom. The maximum Gasteiger partial charge on any atom is 0.340 e. The Hall–Kier alpha value is -4.13. The fourth-order valence-electron chi connectivity index (χ4n) is 3.28. The molecule has 1 amide bonds. The average molecular weight is 402 g/mol. The van der Waals surface area contributed by atoms with Gasteiger partial charge in [-0.15, -0.1) is 0 Å². The van der Waals surface area contributed by atoms with Crippen LogP contribution in [0.3, 0.4) is 0 Å². The number of fused-ring (bicyclic) bond motifs is 1. The van der Waals surface area contributed by atoms with Crippen LogP contribution in [0, 0.1) is 6.92 Å². The van der Waals surface area contributed by atoms with Crippen LogP contribution in [0.25, 0.3) is 10.9 Å². The second-order valence-electron chi connectivity index (χ2n) is 6.65. The number of para-hydroxylation sites is 2. The van der Waals surface area contributed by atoms with Gasteiger partial charge in [0.25, 0.3) is 5.91 Å².